The second-order valence-electron chi connectivity index (χ2n) is 9.98. The molecule has 2 aliphatic rings. The van der Waals surface area contributed by atoms with Gasteiger partial charge in [-0.15, -0.1) is 22.7 Å². The molecule has 5 aromatic heterocycles. The Morgan fingerprint density at radius 1 is 0.783 bits per heavy atom. The fourth-order valence-electron chi connectivity index (χ4n) is 5.22. The van der Waals surface area contributed by atoms with Gasteiger partial charge in [-0.25, -0.2) is 15.0 Å². The Hall–Kier alpha value is -4.08. The van der Waals surface area contributed by atoms with E-state index in [0.717, 1.165) is 87.3 Å². The number of morpholine rings is 2. The number of benzene rings is 1. The summed E-state index contributed by atoms with van der Waals surface area (Å²) in [6.45, 7) is 5.79. The van der Waals surface area contributed by atoms with Crippen molar-refractivity contribution < 1.29 is 19.1 Å². The number of carbonyl (C=O) groups is 2. The van der Waals surface area contributed by atoms with Crippen molar-refractivity contribution in [2.45, 2.75) is 14.9 Å². The first kappa shape index (κ1) is 33.3. The molecule has 0 amide bonds. The van der Waals surface area contributed by atoms with Gasteiger partial charge in [0, 0.05) is 37.1 Å². The molecule has 0 unspecified atom stereocenters. The van der Waals surface area contributed by atoms with Gasteiger partial charge in [-0.3, -0.25) is 14.7 Å². The number of aromatic amines is 1. The van der Waals surface area contributed by atoms with Crippen molar-refractivity contribution >= 4 is 89.8 Å². The Kier molecular flexibility index (Phi) is 10.5. The Morgan fingerprint density at radius 3 is 1.93 bits per heavy atom. The number of halogens is 1. The van der Waals surface area contributed by atoms with E-state index >= 15 is 0 Å². The van der Waals surface area contributed by atoms with E-state index in [0.29, 0.717) is 42.0 Å². The van der Waals surface area contributed by atoms with Gasteiger partial charge in [-0.1, -0.05) is 27.0 Å². The second-order valence-corrected chi connectivity index (χ2v) is 12.5. The van der Waals surface area contributed by atoms with Gasteiger partial charge in [0.15, 0.2) is 30.0 Å². The number of nitrogens with zero attached hydrogens (tertiary/aromatic N) is 7. The van der Waals surface area contributed by atoms with Crippen LogP contribution in [0.4, 0.5) is 11.6 Å². The highest BCUT2D eigenvalue weighted by Gasteiger charge is 2.21. The molecule has 0 spiro atoms. The zero-order valence-corrected chi connectivity index (χ0v) is 25.6. The van der Waals surface area contributed by atoms with Crippen LogP contribution in [0, 0.1) is 0 Å². The van der Waals surface area contributed by atoms with E-state index in [1.165, 1.54) is 22.7 Å². The monoisotopic (exact) mass is 680 g/mol. The molecule has 0 bridgehead atoms. The zero-order chi connectivity index (χ0) is 30.0. The highest BCUT2D eigenvalue weighted by Crippen LogP contribution is 2.36. The Morgan fingerprint density at radius 2 is 1.35 bits per heavy atom. The number of aromatic nitrogens is 6. The first-order chi connectivity index (χ1) is 21.6. The Labute approximate surface area is 278 Å². The SMILES string of the molecule is C.C.O=Cc1cc2nc(-c3cccc4[nH]ncc34)nc(N3CCOCC3)c2s1.O=Cc1cc2nc(Cl)nc(N3CCOCC3)c2s1. The average molecular weight is 681 g/mol. The molecule has 2 aliphatic heterocycles. The summed E-state index contributed by atoms with van der Waals surface area (Å²) >= 11 is 8.76. The van der Waals surface area contributed by atoms with E-state index in [1.807, 2.05) is 24.3 Å². The van der Waals surface area contributed by atoms with Gasteiger partial charge >= 0.3 is 0 Å². The summed E-state index contributed by atoms with van der Waals surface area (Å²) in [4.78, 5) is 45.8. The molecule has 0 saturated carbocycles. The van der Waals surface area contributed by atoms with E-state index in [1.54, 1.807) is 12.3 Å². The minimum Gasteiger partial charge on any atom is -0.378 e. The fourth-order valence-corrected chi connectivity index (χ4v) is 7.25. The molecule has 2 fully saturated rings. The van der Waals surface area contributed by atoms with Crippen LogP contribution in [0.5, 0.6) is 0 Å². The minimum atomic E-state index is 0. The van der Waals surface area contributed by atoms with E-state index in [4.69, 9.17) is 31.0 Å². The lowest BCUT2D eigenvalue weighted by atomic mass is 10.1. The van der Waals surface area contributed by atoms with Gasteiger partial charge in [0.05, 0.1) is 68.3 Å². The van der Waals surface area contributed by atoms with Crippen LogP contribution in [0.3, 0.4) is 0 Å². The lowest BCUT2D eigenvalue weighted by molar-refractivity contribution is 0.111. The van der Waals surface area contributed by atoms with Crippen molar-refractivity contribution in [1.29, 1.82) is 0 Å². The largest absolute Gasteiger partial charge is 0.378 e. The molecule has 2 saturated heterocycles. The molecule has 1 aromatic carbocycles. The van der Waals surface area contributed by atoms with E-state index in [9.17, 15) is 9.59 Å². The van der Waals surface area contributed by atoms with Gasteiger partial charge in [-0.2, -0.15) is 10.1 Å². The van der Waals surface area contributed by atoms with Crippen LogP contribution in [0.15, 0.2) is 36.5 Å². The number of H-pyrrole nitrogens is 1. The quantitative estimate of drug-likeness (QED) is 0.166. The number of carbonyl (C=O) groups excluding carboxylic acids is 2. The third-order valence-electron chi connectivity index (χ3n) is 7.30. The normalized spacial score (nSPS) is 14.8. The van der Waals surface area contributed by atoms with Crippen molar-refractivity contribution in [2.24, 2.45) is 0 Å². The summed E-state index contributed by atoms with van der Waals surface area (Å²) < 4.78 is 12.6. The lowest BCUT2D eigenvalue weighted by Crippen LogP contribution is -2.36. The fraction of sp³-hybridized carbons (Fsp3) is 0.323. The summed E-state index contributed by atoms with van der Waals surface area (Å²) in [5.74, 6) is 2.31. The zero-order valence-electron chi connectivity index (χ0n) is 23.2. The van der Waals surface area contributed by atoms with Crippen LogP contribution in [0.1, 0.15) is 34.2 Å². The predicted octanol–water partition coefficient (Wildman–Crippen LogP) is 6.15. The molecule has 0 atom stereocenters. The maximum atomic E-state index is 11.3. The molecule has 46 heavy (non-hydrogen) atoms. The first-order valence-electron chi connectivity index (χ1n) is 13.9. The number of nitrogens with one attached hydrogen (secondary N) is 1. The molecular weight excluding hydrogens is 648 g/mol. The number of anilines is 2. The molecule has 1 N–H and O–H groups in total. The highest BCUT2D eigenvalue weighted by molar-refractivity contribution is 7.21. The van der Waals surface area contributed by atoms with Gasteiger partial charge < -0.3 is 19.3 Å². The van der Waals surface area contributed by atoms with Crippen molar-refractivity contribution in [3.8, 4) is 11.4 Å². The number of aldehydes is 2. The predicted molar refractivity (Wildman–Crippen MR) is 185 cm³/mol. The molecular formula is C31H33ClN8O4S2. The van der Waals surface area contributed by atoms with Crippen LogP contribution in [0.25, 0.3) is 42.7 Å². The van der Waals surface area contributed by atoms with Crippen LogP contribution < -0.4 is 9.80 Å². The smallest absolute Gasteiger partial charge is 0.224 e. The summed E-state index contributed by atoms with van der Waals surface area (Å²) in [6.07, 6.45) is 3.48. The number of rotatable bonds is 5. The average Bonchev–Trinajstić information content (AvgIpc) is 3.83. The maximum Gasteiger partial charge on any atom is 0.224 e. The van der Waals surface area contributed by atoms with Crippen molar-refractivity contribution in [3.63, 3.8) is 0 Å². The Balaban J connectivity index is 0.000000185. The molecule has 15 heteroatoms. The number of hydrogen-bond acceptors (Lipinski definition) is 13. The molecule has 6 aromatic rings. The standard InChI is InChI=1S/C18H15N5O2S.C11H10ClN3O2S.2CH4/c24-10-11-8-15-16(26-11)18(23-4-6-25-7-5-23)21-17(20-15)12-2-1-3-14-13(12)9-19-22-14;12-11-13-8-5-7(6-16)18-9(8)10(14-11)15-1-3-17-4-2-15;;/h1-3,8-10H,4-7H2,(H,19,22);5-6H,1-4H2;2*1H4. The first-order valence-corrected chi connectivity index (χ1v) is 15.9. The number of hydrogen-bond donors (Lipinski definition) is 1. The van der Waals surface area contributed by atoms with Crippen molar-refractivity contribution in [2.75, 3.05) is 62.4 Å². The lowest BCUT2D eigenvalue weighted by Gasteiger charge is -2.28. The Bertz CT molecular complexity index is 1980. The summed E-state index contributed by atoms with van der Waals surface area (Å²) in [5, 5.41) is 8.29. The van der Waals surface area contributed by atoms with Gasteiger partial charge in [0.2, 0.25) is 5.28 Å². The van der Waals surface area contributed by atoms with Crippen molar-refractivity contribution in [3.05, 3.63) is 51.6 Å². The molecule has 0 radical (unpaired) electrons. The summed E-state index contributed by atoms with van der Waals surface area (Å²) in [7, 11) is 0. The van der Waals surface area contributed by atoms with Gasteiger partial charge in [0.25, 0.3) is 0 Å². The van der Waals surface area contributed by atoms with Gasteiger partial charge in [-0.05, 0) is 29.8 Å². The topological polar surface area (TPSA) is 139 Å². The van der Waals surface area contributed by atoms with E-state index in [2.05, 4.69) is 30.0 Å². The third-order valence-corrected chi connectivity index (χ3v) is 9.56. The van der Waals surface area contributed by atoms with Crippen LogP contribution in [-0.2, 0) is 9.47 Å². The molecule has 12 nitrogen and oxygen atoms in total. The summed E-state index contributed by atoms with van der Waals surface area (Å²) in [5.41, 5.74) is 3.39. The van der Waals surface area contributed by atoms with Crippen molar-refractivity contribution in [1.82, 2.24) is 30.1 Å². The number of thiophene rings is 2. The van der Waals surface area contributed by atoms with Crippen LogP contribution >= 0.6 is 34.3 Å². The van der Waals surface area contributed by atoms with Gasteiger partial charge in [0.1, 0.15) is 0 Å². The van der Waals surface area contributed by atoms with E-state index < -0.39 is 0 Å². The molecule has 0 aliphatic carbocycles. The minimum absolute atomic E-state index is 0. The third kappa shape index (κ3) is 6.57. The highest BCUT2D eigenvalue weighted by atomic mass is 35.5. The number of fused-ring (bicyclic) bond motifs is 3. The summed E-state index contributed by atoms with van der Waals surface area (Å²) in [6, 6.07) is 9.50. The van der Waals surface area contributed by atoms with Crippen LogP contribution in [-0.4, -0.2) is 95.3 Å². The molecule has 8 rings (SSSR count). The number of ether oxygens (including phenoxy) is 2. The maximum absolute atomic E-state index is 11.3. The van der Waals surface area contributed by atoms with E-state index in [-0.39, 0.29) is 20.1 Å². The second kappa shape index (κ2) is 14.6. The molecule has 7 heterocycles. The molecule has 240 valence electrons. The van der Waals surface area contributed by atoms with Crippen LogP contribution in [0.2, 0.25) is 5.28 Å².